The predicted octanol–water partition coefficient (Wildman–Crippen LogP) is 2.02. The first-order valence-electron chi connectivity index (χ1n) is 10.5. The zero-order chi connectivity index (χ0) is 19.6. The minimum absolute atomic E-state index is 0. The Kier molecular flexibility index (Phi) is 12.2. The van der Waals surface area contributed by atoms with E-state index in [-0.39, 0.29) is 30.5 Å². The topological polar surface area (TPSA) is 83.0 Å². The van der Waals surface area contributed by atoms with E-state index in [0.717, 1.165) is 26.1 Å². The zero-order valence-electron chi connectivity index (χ0n) is 17.5. The molecule has 2 aliphatic heterocycles. The van der Waals surface area contributed by atoms with Crippen LogP contribution in [0.1, 0.15) is 51.9 Å². The molecule has 0 aromatic heterocycles. The lowest BCUT2D eigenvalue weighted by atomic mass is 9.99. The lowest BCUT2D eigenvalue weighted by molar-refractivity contribution is 0.0768. The van der Waals surface area contributed by atoms with E-state index >= 15 is 0 Å². The van der Waals surface area contributed by atoms with Crippen molar-refractivity contribution in [2.75, 3.05) is 58.7 Å². The highest BCUT2D eigenvalue weighted by molar-refractivity contribution is 14.0. The molecule has 2 aliphatic rings. The number of nitrogens with one attached hydrogen (secondary N) is 2. The molecule has 0 atom stereocenters. The Morgan fingerprint density at radius 1 is 1.11 bits per heavy atom. The summed E-state index contributed by atoms with van der Waals surface area (Å²) in [5, 5.41) is 6.61. The van der Waals surface area contributed by atoms with Crippen LogP contribution in [-0.4, -0.2) is 82.8 Å². The van der Waals surface area contributed by atoms with Crippen molar-refractivity contribution in [1.29, 1.82) is 0 Å². The number of aliphatic imine (C=N–C) groups is 1. The zero-order valence-corrected chi connectivity index (χ0v) is 20.7. The Hall–Kier alpha value is -0.130. The van der Waals surface area contributed by atoms with Crippen molar-refractivity contribution in [3.8, 4) is 0 Å². The van der Waals surface area contributed by atoms with Crippen LogP contribution in [0.2, 0.25) is 0 Å². The molecular weight excluding hydrogens is 491 g/mol. The maximum atomic E-state index is 12.4. The van der Waals surface area contributed by atoms with Crippen molar-refractivity contribution in [1.82, 2.24) is 15.5 Å². The second-order valence-corrected chi connectivity index (χ2v) is 10.2. The highest BCUT2D eigenvalue weighted by Crippen LogP contribution is 2.29. The molecule has 166 valence electrons. The van der Waals surface area contributed by atoms with Crippen LogP contribution in [-0.2, 0) is 14.6 Å². The monoisotopic (exact) mass is 530 g/mol. The first kappa shape index (κ1) is 25.9. The summed E-state index contributed by atoms with van der Waals surface area (Å²) in [5.41, 5.74) is 0. The summed E-state index contributed by atoms with van der Waals surface area (Å²) in [4.78, 5) is 7.18. The van der Waals surface area contributed by atoms with E-state index in [1.165, 1.54) is 45.0 Å². The number of guanidine groups is 1. The minimum Gasteiger partial charge on any atom is -0.381 e. The van der Waals surface area contributed by atoms with Gasteiger partial charge in [-0.15, -0.1) is 24.0 Å². The van der Waals surface area contributed by atoms with Crippen molar-refractivity contribution in [2.45, 2.75) is 56.6 Å². The molecule has 0 spiro atoms. The van der Waals surface area contributed by atoms with E-state index < -0.39 is 14.6 Å². The quantitative estimate of drug-likeness (QED) is 0.216. The number of likely N-dealkylation sites (tertiary alicyclic amines) is 1. The number of hydrogen-bond donors (Lipinski definition) is 2. The molecule has 7 nitrogen and oxygen atoms in total. The molecule has 0 aromatic rings. The number of ether oxygens (including phenoxy) is 1. The summed E-state index contributed by atoms with van der Waals surface area (Å²) in [6, 6.07) is 0. The third kappa shape index (κ3) is 8.31. The number of halogens is 1. The van der Waals surface area contributed by atoms with E-state index in [1.807, 2.05) is 6.92 Å². The minimum atomic E-state index is -3.19. The van der Waals surface area contributed by atoms with E-state index in [0.29, 0.717) is 32.0 Å². The smallest absolute Gasteiger partial charge is 0.191 e. The summed E-state index contributed by atoms with van der Waals surface area (Å²) in [7, 11) is -3.19. The molecule has 0 unspecified atom stereocenters. The van der Waals surface area contributed by atoms with E-state index in [9.17, 15) is 8.42 Å². The second kappa shape index (κ2) is 13.2. The third-order valence-corrected chi connectivity index (χ3v) is 7.81. The first-order valence-corrected chi connectivity index (χ1v) is 12.4. The van der Waals surface area contributed by atoms with Crippen LogP contribution in [0.25, 0.3) is 0 Å². The van der Waals surface area contributed by atoms with Gasteiger partial charge < -0.3 is 20.3 Å². The summed E-state index contributed by atoms with van der Waals surface area (Å²) >= 11 is 0. The van der Waals surface area contributed by atoms with E-state index in [2.05, 4.69) is 20.5 Å². The first-order chi connectivity index (χ1) is 13.0. The Morgan fingerprint density at radius 2 is 1.75 bits per heavy atom. The number of sulfone groups is 1. The Morgan fingerprint density at radius 3 is 2.32 bits per heavy atom. The van der Waals surface area contributed by atoms with Crippen LogP contribution in [0.4, 0.5) is 0 Å². The van der Waals surface area contributed by atoms with E-state index in [1.54, 1.807) is 0 Å². The van der Waals surface area contributed by atoms with Crippen molar-refractivity contribution in [3.63, 3.8) is 0 Å². The molecular formula is C19H39IN4O3S. The number of rotatable bonds is 8. The van der Waals surface area contributed by atoms with Gasteiger partial charge in [-0.25, -0.2) is 8.42 Å². The summed E-state index contributed by atoms with van der Waals surface area (Å²) in [6.45, 7) is 8.43. The summed E-state index contributed by atoms with van der Waals surface area (Å²) in [5.74, 6) is 0.711. The maximum Gasteiger partial charge on any atom is 0.191 e. The van der Waals surface area contributed by atoms with Gasteiger partial charge >= 0.3 is 0 Å². The van der Waals surface area contributed by atoms with Crippen LogP contribution < -0.4 is 10.6 Å². The molecule has 0 aliphatic carbocycles. The lowest BCUT2D eigenvalue weighted by Crippen LogP contribution is -2.47. The van der Waals surface area contributed by atoms with Gasteiger partial charge in [0, 0.05) is 32.6 Å². The molecule has 0 amide bonds. The van der Waals surface area contributed by atoms with Crippen LogP contribution >= 0.6 is 24.0 Å². The standard InChI is InChI=1S/C19H38N4O3S.HI/c1-3-20-18(21-11-8-14-23-12-6-4-5-7-13-23)22-17-19(27(2,24)25)9-15-26-16-10-19;/h3-17H2,1-2H3,(H2,20,21,22);1H. The van der Waals surface area contributed by atoms with Gasteiger partial charge in [-0.05, 0) is 58.7 Å². The molecule has 0 aromatic carbocycles. The molecule has 2 fully saturated rings. The van der Waals surface area contributed by atoms with Crippen molar-refractivity contribution in [2.24, 2.45) is 4.99 Å². The molecule has 2 N–H and O–H groups in total. The molecule has 0 bridgehead atoms. The van der Waals surface area contributed by atoms with Gasteiger partial charge in [0.25, 0.3) is 0 Å². The van der Waals surface area contributed by atoms with Gasteiger partial charge in [-0.2, -0.15) is 0 Å². The van der Waals surface area contributed by atoms with Gasteiger partial charge in [0.05, 0.1) is 11.3 Å². The Bertz CT molecular complexity index is 558. The largest absolute Gasteiger partial charge is 0.381 e. The fourth-order valence-electron chi connectivity index (χ4n) is 3.82. The van der Waals surface area contributed by atoms with Gasteiger partial charge in [-0.1, -0.05) is 12.8 Å². The molecule has 2 saturated heterocycles. The SMILES string of the molecule is CCNC(=NCC1(S(C)(=O)=O)CCOCC1)NCCCN1CCCCCC1.I. The third-order valence-electron chi connectivity index (χ3n) is 5.70. The molecule has 2 rings (SSSR count). The molecule has 9 heteroatoms. The van der Waals surface area contributed by atoms with Crippen LogP contribution in [0.15, 0.2) is 4.99 Å². The average molecular weight is 531 g/mol. The Labute approximate surface area is 188 Å². The lowest BCUT2D eigenvalue weighted by Gasteiger charge is -2.34. The maximum absolute atomic E-state index is 12.4. The molecule has 28 heavy (non-hydrogen) atoms. The Balaban J connectivity index is 0.00000392. The average Bonchev–Trinajstić information content (AvgIpc) is 2.92. The fourth-order valence-corrected chi connectivity index (χ4v) is 5.03. The van der Waals surface area contributed by atoms with Crippen molar-refractivity contribution in [3.05, 3.63) is 0 Å². The highest BCUT2D eigenvalue weighted by atomic mass is 127. The molecule has 2 heterocycles. The van der Waals surface area contributed by atoms with Crippen LogP contribution in [0, 0.1) is 0 Å². The normalized spacial score (nSPS) is 21.4. The van der Waals surface area contributed by atoms with Crippen LogP contribution in [0.3, 0.4) is 0 Å². The molecule has 0 radical (unpaired) electrons. The highest BCUT2D eigenvalue weighted by Gasteiger charge is 2.42. The summed E-state index contributed by atoms with van der Waals surface area (Å²) in [6.07, 6.45) is 8.78. The van der Waals surface area contributed by atoms with Gasteiger partial charge in [-0.3, -0.25) is 4.99 Å². The number of nitrogens with zero attached hydrogens (tertiary/aromatic N) is 2. The fraction of sp³-hybridized carbons (Fsp3) is 0.947. The van der Waals surface area contributed by atoms with Crippen molar-refractivity contribution >= 4 is 39.8 Å². The van der Waals surface area contributed by atoms with Gasteiger partial charge in [0.15, 0.2) is 15.8 Å². The number of hydrogen-bond acceptors (Lipinski definition) is 5. The van der Waals surface area contributed by atoms with Gasteiger partial charge in [0.1, 0.15) is 0 Å². The molecule has 0 saturated carbocycles. The van der Waals surface area contributed by atoms with Crippen LogP contribution in [0.5, 0.6) is 0 Å². The van der Waals surface area contributed by atoms with Crippen molar-refractivity contribution < 1.29 is 13.2 Å². The summed E-state index contributed by atoms with van der Waals surface area (Å²) < 4.78 is 29.3. The van der Waals surface area contributed by atoms with E-state index in [4.69, 9.17) is 4.74 Å². The second-order valence-electron chi connectivity index (χ2n) is 7.80. The van der Waals surface area contributed by atoms with Gasteiger partial charge in [0.2, 0.25) is 0 Å². The predicted molar refractivity (Wildman–Crippen MR) is 127 cm³/mol.